The predicted molar refractivity (Wildman–Crippen MR) is 125 cm³/mol. The van der Waals surface area contributed by atoms with Gasteiger partial charge in [-0.15, -0.1) is 0 Å². The Labute approximate surface area is 183 Å². The molecule has 0 heterocycles. The van der Waals surface area contributed by atoms with E-state index in [4.69, 9.17) is 14.8 Å². The highest BCUT2D eigenvalue weighted by molar-refractivity contribution is 7.89. The Balaban J connectivity index is 2.27. The van der Waals surface area contributed by atoms with Gasteiger partial charge in [0.25, 0.3) is 0 Å². The van der Waals surface area contributed by atoms with Gasteiger partial charge in [-0.3, -0.25) is 0 Å². The lowest BCUT2D eigenvalue weighted by molar-refractivity contribution is 0.116. The number of aliphatic hydroxyl groups excluding tert-OH is 1. The van der Waals surface area contributed by atoms with Crippen LogP contribution in [0.25, 0.3) is 0 Å². The maximum Gasteiger partial charge on any atom is 0.243 e. The minimum Gasteiger partial charge on any atom is -0.480 e. The molecule has 10 heteroatoms. The van der Waals surface area contributed by atoms with Gasteiger partial charge in [0, 0.05) is 37.3 Å². The van der Waals surface area contributed by atoms with Gasteiger partial charge in [0.1, 0.15) is 11.5 Å². The van der Waals surface area contributed by atoms with Crippen LogP contribution in [0.15, 0.2) is 53.4 Å². The van der Waals surface area contributed by atoms with Crippen molar-refractivity contribution < 1.29 is 22.6 Å². The molecule has 2 aromatic carbocycles. The van der Waals surface area contributed by atoms with E-state index in [9.17, 15) is 13.5 Å². The van der Waals surface area contributed by atoms with E-state index < -0.39 is 22.2 Å². The molecule has 0 amide bonds. The zero-order valence-electron chi connectivity index (χ0n) is 17.1. The number of sulfonamides is 1. The van der Waals surface area contributed by atoms with Crippen LogP contribution in [-0.2, 0) is 16.4 Å². The van der Waals surface area contributed by atoms with Gasteiger partial charge in [-0.25, -0.2) is 8.42 Å². The first kappa shape index (κ1) is 25.0. The van der Waals surface area contributed by atoms with Crippen LogP contribution >= 0.6 is 18.9 Å². The van der Waals surface area contributed by atoms with Crippen LogP contribution in [0.5, 0.6) is 11.5 Å². The third-order valence-corrected chi connectivity index (χ3v) is 6.89. The van der Waals surface area contributed by atoms with Gasteiger partial charge in [0.15, 0.2) is 0 Å². The van der Waals surface area contributed by atoms with Gasteiger partial charge in [-0.2, -0.15) is 4.31 Å². The third-order valence-electron chi connectivity index (χ3n) is 4.53. The molecule has 0 saturated carbocycles. The van der Waals surface area contributed by atoms with Gasteiger partial charge in [0.05, 0.1) is 29.9 Å². The molecule has 2 unspecified atom stereocenters. The lowest BCUT2D eigenvalue weighted by atomic mass is 10.0. The molecule has 0 saturated heterocycles. The van der Waals surface area contributed by atoms with Gasteiger partial charge < -0.3 is 19.9 Å². The summed E-state index contributed by atoms with van der Waals surface area (Å²) in [6, 6.07) is 13.3. The Morgan fingerprint density at radius 1 is 1.03 bits per heavy atom. The van der Waals surface area contributed by atoms with Crippen molar-refractivity contribution in [2.75, 3.05) is 13.1 Å². The lowest BCUT2D eigenvalue weighted by Crippen LogP contribution is -2.47. The van der Waals surface area contributed by atoms with Crippen LogP contribution in [0.3, 0.4) is 0 Å². The largest absolute Gasteiger partial charge is 0.480 e. The highest BCUT2D eigenvalue weighted by Gasteiger charge is 2.30. The molecule has 0 aromatic heterocycles. The molecule has 0 radical (unpaired) electrons. The summed E-state index contributed by atoms with van der Waals surface area (Å²) in [5, 5.41) is 10.7. The molecule has 0 fully saturated rings. The second-order valence-corrected chi connectivity index (χ2v) is 9.92. The SMILES string of the molecule is CC(C)CN(C[C@@H](O)[C@@H](N)Cc1ccccc1)S(=O)(=O)c1cc(OP)cc(OP)c1. The van der Waals surface area contributed by atoms with Crippen LogP contribution in [0, 0.1) is 5.92 Å². The number of aliphatic hydroxyl groups is 1. The van der Waals surface area contributed by atoms with Crippen LogP contribution in [0.1, 0.15) is 19.4 Å². The molecule has 0 spiro atoms. The first-order chi connectivity index (χ1) is 14.2. The zero-order valence-corrected chi connectivity index (χ0v) is 20.3. The van der Waals surface area contributed by atoms with Crippen molar-refractivity contribution in [2.24, 2.45) is 11.7 Å². The number of rotatable bonds is 11. The molecule has 2 aromatic rings. The average Bonchev–Trinajstić information content (AvgIpc) is 2.73. The van der Waals surface area contributed by atoms with Crippen LogP contribution in [-0.4, -0.2) is 43.1 Å². The van der Waals surface area contributed by atoms with E-state index in [-0.39, 0.29) is 23.9 Å². The van der Waals surface area contributed by atoms with E-state index in [2.05, 4.69) is 18.9 Å². The average molecular weight is 472 g/mol. The Kier molecular flexibility index (Phi) is 9.48. The first-order valence-electron chi connectivity index (χ1n) is 9.53. The summed E-state index contributed by atoms with van der Waals surface area (Å²) in [6.45, 7) is 3.95. The van der Waals surface area contributed by atoms with Crippen molar-refractivity contribution in [1.82, 2.24) is 4.31 Å². The van der Waals surface area contributed by atoms with Crippen LogP contribution in [0.4, 0.5) is 0 Å². The van der Waals surface area contributed by atoms with E-state index in [1.807, 2.05) is 44.2 Å². The van der Waals surface area contributed by atoms with Gasteiger partial charge in [0.2, 0.25) is 10.0 Å². The predicted octanol–water partition coefficient (Wildman–Crippen LogP) is 2.60. The molecular formula is C20H30N2O5P2S. The summed E-state index contributed by atoms with van der Waals surface area (Å²) >= 11 is 0. The summed E-state index contributed by atoms with van der Waals surface area (Å²) < 4.78 is 38.2. The maximum atomic E-state index is 13.4. The van der Waals surface area contributed by atoms with Crippen molar-refractivity contribution in [3.05, 3.63) is 54.1 Å². The van der Waals surface area contributed by atoms with E-state index in [0.717, 1.165) is 5.56 Å². The summed E-state index contributed by atoms with van der Waals surface area (Å²) in [5.74, 6) is 0.699. The van der Waals surface area contributed by atoms with Crippen LogP contribution < -0.4 is 14.8 Å². The first-order valence-corrected chi connectivity index (χ1v) is 11.9. The minimum atomic E-state index is -3.92. The molecule has 0 aliphatic heterocycles. The standard InChI is InChI=1S/C20H30N2O5P2S/c1-14(2)12-22(13-20(23)19(21)8-15-6-4-3-5-7-15)30(24,25)18-10-16(26-28)9-17(11-18)27-29/h3-7,9-11,14,19-20,23H,8,12-13,21,28-29H2,1-2H3/t19-,20+/m0/s1. The lowest BCUT2D eigenvalue weighted by Gasteiger charge is -2.29. The summed E-state index contributed by atoms with van der Waals surface area (Å²) in [5.41, 5.74) is 7.17. The van der Waals surface area contributed by atoms with Crippen molar-refractivity contribution >= 4 is 29.0 Å². The minimum absolute atomic E-state index is 0.0179. The summed E-state index contributed by atoms with van der Waals surface area (Å²) in [7, 11) is 0.238. The van der Waals surface area contributed by atoms with E-state index >= 15 is 0 Å². The number of hydrogen-bond donors (Lipinski definition) is 2. The number of benzene rings is 2. The monoisotopic (exact) mass is 472 g/mol. The molecule has 0 aliphatic rings. The second-order valence-electron chi connectivity index (χ2n) is 7.51. The van der Waals surface area contributed by atoms with Crippen molar-refractivity contribution in [1.29, 1.82) is 0 Å². The molecule has 7 nitrogen and oxygen atoms in total. The van der Waals surface area contributed by atoms with Gasteiger partial charge >= 0.3 is 0 Å². The highest BCUT2D eigenvalue weighted by Crippen LogP contribution is 2.30. The number of hydrogen-bond acceptors (Lipinski definition) is 6. The second kappa shape index (κ2) is 11.4. The summed E-state index contributed by atoms with van der Waals surface area (Å²) in [4.78, 5) is 0.0179. The molecule has 0 bridgehead atoms. The van der Waals surface area contributed by atoms with E-state index in [1.54, 1.807) is 6.07 Å². The van der Waals surface area contributed by atoms with Crippen molar-refractivity contribution in [2.45, 2.75) is 37.3 Å². The van der Waals surface area contributed by atoms with Gasteiger partial charge in [-0.1, -0.05) is 44.2 Å². The third kappa shape index (κ3) is 6.88. The fourth-order valence-corrected chi connectivity index (χ4v) is 4.97. The van der Waals surface area contributed by atoms with E-state index in [0.29, 0.717) is 17.9 Å². The van der Waals surface area contributed by atoms with E-state index in [1.165, 1.54) is 16.4 Å². The molecule has 4 atom stereocenters. The van der Waals surface area contributed by atoms with Crippen molar-refractivity contribution in [3.8, 4) is 11.5 Å². The molecule has 3 N–H and O–H groups in total. The maximum absolute atomic E-state index is 13.4. The molecule has 2 rings (SSSR count). The fourth-order valence-electron chi connectivity index (χ4n) is 3.02. The van der Waals surface area contributed by atoms with Gasteiger partial charge in [-0.05, 0) is 17.9 Å². The molecule has 30 heavy (non-hydrogen) atoms. The number of nitrogens with two attached hydrogens (primary N) is 1. The molecular weight excluding hydrogens is 442 g/mol. The normalized spacial score (nSPS) is 14.0. The Morgan fingerprint density at radius 2 is 1.60 bits per heavy atom. The number of nitrogens with zero attached hydrogens (tertiary/aromatic N) is 1. The van der Waals surface area contributed by atoms with Crippen LogP contribution in [0.2, 0.25) is 0 Å². The van der Waals surface area contributed by atoms with Crippen molar-refractivity contribution in [3.63, 3.8) is 0 Å². The summed E-state index contributed by atoms with van der Waals surface area (Å²) in [6.07, 6.45) is -0.587. The Morgan fingerprint density at radius 3 is 2.10 bits per heavy atom. The Hall–Kier alpha value is -1.27. The Bertz CT molecular complexity index is 890. The molecule has 0 aliphatic carbocycles. The zero-order chi connectivity index (χ0) is 22.3. The topological polar surface area (TPSA) is 102 Å². The quantitative estimate of drug-likeness (QED) is 0.488. The fraction of sp³-hybridized carbons (Fsp3) is 0.400. The molecule has 166 valence electrons. The highest BCUT2D eigenvalue weighted by atomic mass is 32.2. The smallest absolute Gasteiger partial charge is 0.243 e.